The predicted octanol–water partition coefficient (Wildman–Crippen LogP) is 5.47. The molecule has 2 aromatic rings. The van der Waals surface area contributed by atoms with Crippen molar-refractivity contribution in [2.45, 2.75) is 57.4 Å². The molecule has 1 amide bonds. The van der Waals surface area contributed by atoms with E-state index >= 15 is 0 Å². The summed E-state index contributed by atoms with van der Waals surface area (Å²) in [5, 5.41) is 2.94. The SMILES string of the molecule is COC(OC)C1CCN(c2ccc3c(c2)N(C2CCCC2)C(NC(=O)c2c(F)cccc2Br)=NC3)CC1. The van der Waals surface area contributed by atoms with Gasteiger partial charge in [-0.25, -0.2) is 9.38 Å². The summed E-state index contributed by atoms with van der Waals surface area (Å²) in [5.41, 5.74) is 3.37. The minimum Gasteiger partial charge on any atom is -0.371 e. The molecule has 0 unspecified atom stereocenters. The van der Waals surface area contributed by atoms with Gasteiger partial charge in [0.25, 0.3) is 5.91 Å². The molecule has 2 aromatic carbocycles. The highest BCUT2D eigenvalue weighted by Crippen LogP contribution is 2.37. The summed E-state index contributed by atoms with van der Waals surface area (Å²) < 4.78 is 25.9. The number of rotatable bonds is 6. The number of carbonyl (C=O) groups excluding carboxylic acids is 1. The monoisotopic (exact) mass is 572 g/mol. The number of hydrogen-bond acceptors (Lipinski definition) is 6. The molecular weight excluding hydrogens is 539 g/mol. The van der Waals surface area contributed by atoms with Gasteiger partial charge in [-0.15, -0.1) is 0 Å². The Bertz CT molecular complexity index is 1140. The third-order valence-electron chi connectivity index (χ3n) is 7.82. The van der Waals surface area contributed by atoms with Crippen LogP contribution < -0.4 is 15.1 Å². The van der Waals surface area contributed by atoms with E-state index in [9.17, 15) is 9.18 Å². The first kappa shape index (κ1) is 26.1. The number of amides is 1. The van der Waals surface area contributed by atoms with Crippen LogP contribution in [0.25, 0.3) is 0 Å². The number of nitrogens with one attached hydrogen (secondary N) is 1. The van der Waals surface area contributed by atoms with E-state index in [1.54, 1.807) is 26.4 Å². The van der Waals surface area contributed by atoms with E-state index in [2.05, 4.69) is 49.2 Å². The summed E-state index contributed by atoms with van der Waals surface area (Å²) in [6.07, 6.45) is 6.17. The number of anilines is 2. The summed E-state index contributed by atoms with van der Waals surface area (Å²) in [7, 11) is 3.40. The molecule has 9 heteroatoms. The molecule has 0 radical (unpaired) electrons. The van der Waals surface area contributed by atoms with Crippen LogP contribution in [0.4, 0.5) is 15.8 Å². The smallest absolute Gasteiger partial charge is 0.262 e. The molecule has 1 saturated carbocycles. The largest absolute Gasteiger partial charge is 0.371 e. The second-order valence-corrected chi connectivity index (χ2v) is 10.8. The van der Waals surface area contributed by atoms with E-state index < -0.39 is 11.7 Å². The number of hydrogen-bond donors (Lipinski definition) is 1. The predicted molar refractivity (Wildman–Crippen MR) is 147 cm³/mol. The van der Waals surface area contributed by atoms with Gasteiger partial charge in [0.05, 0.1) is 17.8 Å². The zero-order chi connectivity index (χ0) is 25.9. The number of nitrogens with zero attached hydrogens (tertiary/aromatic N) is 3. The number of carbonyl (C=O) groups is 1. The van der Waals surface area contributed by atoms with Gasteiger partial charge in [0.15, 0.2) is 6.29 Å². The standard InChI is InChI=1S/C28H34BrFN4O3/c1-36-27(37-2)18-12-14-33(15-13-18)21-11-10-19-17-31-28(34(24(19)16-21)20-6-3-4-7-20)32-26(35)25-22(29)8-5-9-23(25)30/h5,8-11,16,18,20,27H,3-4,6-7,12-15,17H2,1-2H3,(H,31,32,35). The Morgan fingerprint density at radius 2 is 1.84 bits per heavy atom. The lowest BCUT2D eigenvalue weighted by Gasteiger charge is -2.39. The number of halogens is 2. The van der Waals surface area contributed by atoms with Crippen LogP contribution in [0, 0.1) is 11.7 Å². The molecule has 0 atom stereocenters. The highest BCUT2D eigenvalue weighted by Gasteiger charge is 2.33. The first-order chi connectivity index (χ1) is 18.0. The Labute approximate surface area is 226 Å². The summed E-state index contributed by atoms with van der Waals surface area (Å²) in [5.74, 6) is -0.186. The zero-order valence-corrected chi connectivity index (χ0v) is 23.0. The number of aliphatic imine (C=N–C) groups is 1. The van der Waals surface area contributed by atoms with E-state index in [1.165, 1.54) is 6.07 Å². The fourth-order valence-corrected chi connectivity index (χ4v) is 6.40. The van der Waals surface area contributed by atoms with Crippen LogP contribution in [0.15, 0.2) is 45.9 Å². The molecule has 0 bridgehead atoms. The molecule has 2 fully saturated rings. The second-order valence-electron chi connectivity index (χ2n) is 9.98. The highest BCUT2D eigenvalue weighted by molar-refractivity contribution is 9.10. The summed E-state index contributed by atoms with van der Waals surface area (Å²) >= 11 is 3.32. The van der Waals surface area contributed by atoms with Gasteiger partial charge in [0.1, 0.15) is 5.82 Å². The van der Waals surface area contributed by atoms with Gasteiger partial charge in [-0.1, -0.05) is 25.0 Å². The van der Waals surface area contributed by atoms with Crippen molar-refractivity contribution in [1.82, 2.24) is 5.32 Å². The van der Waals surface area contributed by atoms with Crippen LogP contribution >= 0.6 is 15.9 Å². The van der Waals surface area contributed by atoms with Crippen LogP contribution in [-0.2, 0) is 16.0 Å². The third-order valence-corrected chi connectivity index (χ3v) is 8.48. The van der Waals surface area contributed by atoms with Crippen molar-refractivity contribution in [3.8, 4) is 0 Å². The van der Waals surface area contributed by atoms with E-state index in [4.69, 9.17) is 14.5 Å². The van der Waals surface area contributed by atoms with Crippen LogP contribution in [0.1, 0.15) is 54.4 Å². The van der Waals surface area contributed by atoms with Crippen molar-refractivity contribution in [2.75, 3.05) is 37.1 Å². The third kappa shape index (κ3) is 5.40. The minimum atomic E-state index is -0.564. The zero-order valence-electron chi connectivity index (χ0n) is 21.4. The average Bonchev–Trinajstić information content (AvgIpc) is 3.44. The number of fused-ring (bicyclic) bond motifs is 1. The molecular formula is C28H34BrFN4O3. The molecule has 198 valence electrons. The Hall–Kier alpha value is -2.49. The van der Waals surface area contributed by atoms with Crippen molar-refractivity contribution in [3.63, 3.8) is 0 Å². The van der Waals surface area contributed by atoms with E-state index in [0.717, 1.165) is 68.6 Å². The molecule has 3 aliphatic rings. The van der Waals surface area contributed by atoms with E-state index in [1.807, 2.05) is 0 Å². The Balaban J connectivity index is 1.39. The number of guanidine groups is 1. The Morgan fingerprint density at radius 1 is 1.11 bits per heavy atom. The first-order valence-corrected chi connectivity index (χ1v) is 13.8. The maximum absolute atomic E-state index is 14.5. The van der Waals surface area contributed by atoms with Gasteiger partial charge in [0, 0.05) is 49.4 Å². The molecule has 0 aromatic heterocycles. The van der Waals surface area contributed by atoms with Crippen molar-refractivity contribution < 1.29 is 18.7 Å². The quantitative estimate of drug-likeness (QED) is 0.465. The summed E-state index contributed by atoms with van der Waals surface area (Å²) in [6, 6.07) is 11.3. The molecule has 37 heavy (non-hydrogen) atoms. The minimum absolute atomic E-state index is 0.00980. The van der Waals surface area contributed by atoms with Gasteiger partial charge in [-0.2, -0.15) is 0 Å². The molecule has 1 saturated heterocycles. The average molecular weight is 574 g/mol. The number of benzene rings is 2. The molecule has 1 N–H and O–H groups in total. The number of ether oxygens (including phenoxy) is 2. The molecule has 7 nitrogen and oxygen atoms in total. The Kier molecular flexibility index (Phi) is 8.12. The lowest BCUT2D eigenvalue weighted by molar-refractivity contribution is -0.141. The Morgan fingerprint density at radius 3 is 2.51 bits per heavy atom. The van der Waals surface area contributed by atoms with Crippen LogP contribution in [0.5, 0.6) is 0 Å². The van der Waals surface area contributed by atoms with Gasteiger partial charge in [-0.05, 0) is 71.4 Å². The number of methoxy groups -OCH3 is 2. The topological polar surface area (TPSA) is 66.4 Å². The molecule has 5 rings (SSSR count). The molecule has 2 heterocycles. The van der Waals surface area contributed by atoms with Crippen LogP contribution in [-0.4, -0.2) is 51.5 Å². The first-order valence-electron chi connectivity index (χ1n) is 13.0. The van der Waals surface area contributed by atoms with Crippen molar-refractivity contribution in [2.24, 2.45) is 10.9 Å². The molecule has 2 aliphatic heterocycles. The lowest BCUT2D eigenvalue weighted by Crippen LogP contribution is -2.50. The van der Waals surface area contributed by atoms with Crippen LogP contribution in [0.3, 0.4) is 0 Å². The van der Waals surface area contributed by atoms with Crippen molar-refractivity contribution >= 4 is 39.2 Å². The second kappa shape index (κ2) is 11.5. The van der Waals surface area contributed by atoms with Crippen molar-refractivity contribution in [3.05, 3.63) is 57.8 Å². The maximum Gasteiger partial charge on any atom is 0.262 e. The van der Waals surface area contributed by atoms with Crippen molar-refractivity contribution in [1.29, 1.82) is 0 Å². The summed E-state index contributed by atoms with van der Waals surface area (Å²) in [6.45, 7) is 2.32. The molecule has 0 spiro atoms. The highest BCUT2D eigenvalue weighted by atomic mass is 79.9. The van der Waals surface area contributed by atoms with Crippen LogP contribution in [0.2, 0.25) is 0 Å². The van der Waals surface area contributed by atoms with E-state index in [-0.39, 0.29) is 17.9 Å². The fourth-order valence-electron chi connectivity index (χ4n) is 5.88. The normalized spacial score (nSPS) is 18.8. The maximum atomic E-state index is 14.5. The van der Waals surface area contributed by atoms with Gasteiger partial charge in [-0.3, -0.25) is 10.1 Å². The summed E-state index contributed by atoms with van der Waals surface area (Å²) in [4.78, 5) is 22.5. The number of piperidine rings is 1. The molecule has 1 aliphatic carbocycles. The van der Waals surface area contributed by atoms with E-state index in [0.29, 0.717) is 22.9 Å². The van der Waals surface area contributed by atoms with Gasteiger partial charge in [0.2, 0.25) is 5.96 Å². The lowest BCUT2D eigenvalue weighted by atomic mass is 9.95. The van der Waals surface area contributed by atoms with Gasteiger partial charge < -0.3 is 19.3 Å². The van der Waals surface area contributed by atoms with Gasteiger partial charge >= 0.3 is 0 Å². The fraction of sp³-hybridized carbons (Fsp3) is 0.500.